The minimum absolute atomic E-state index is 0.0962. The SMILES string of the molecule is Cc1cc(S(=O)(=O)N2CC(C)C(C)C2)sc1C(=O)O. The van der Waals surface area contributed by atoms with E-state index in [1.54, 1.807) is 6.92 Å². The molecule has 2 atom stereocenters. The third kappa shape index (κ3) is 2.54. The highest BCUT2D eigenvalue weighted by molar-refractivity contribution is 7.91. The van der Waals surface area contributed by atoms with Gasteiger partial charge in [-0.15, -0.1) is 11.3 Å². The summed E-state index contributed by atoms with van der Waals surface area (Å²) in [6, 6.07) is 1.46. The Morgan fingerprint density at radius 2 is 1.89 bits per heavy atom. The van der Waals surface area contributed by atoms with E-state index in [9.17, 15) is 13.2 Å². The number of carbonyl (C=O) groups is 1. The van der Waals surface area contributed by atoms with Crippen LogP contribution in [0.25, 0.3) is 0 Å². The topological polar surface area (TPSA) is 74.7 Å². The van der Waals surface area contributed by atoms with E-state index < -0.39 is 16.0 Å². The maximum absolute atomic E-state index is 12.5. The zero-order valence-electron chi connectivity index (χ0n) is 11.1. The molecule has 106 valence electrons. The molecule has 1 aromatic rings. The van der Waals surface area contributed by atoms with E-state index in [0.29, 0.717) is 30.5 Å². The zero-order chi connectivity index (χ0) is 14.4. The summed E-state index contributed by atoms with van der Waals surface area (Å²) in [5.74, 6) is -0.420. The summed E-state index contributed by atoms with van der Waals surface area (Å²) in [6.07, 6.45) is 0. The van der Waals surface area contributed by atoms with Crippen LogP contribution in [0.5, 0.6) is 0 Å². The van der Waals surface area contributed by atoms with Crippen LogP contribution in [-0.2, 0) is 10.0 Å². The van der Waals surface area contributed by atoms with Gasteiger partial charge >= 0.3 is 5.97 Å². The number of thiophene rings is 1. The van der Waals surface area contributed by atoms with Gasteiger partial charge in [-0.05, 0) is 30.4 Å². The van der Waals surface area contributed by atoms with E-state index in [1.807, 2.05) is 13.8 Å². The highest BCUT2D eigenvalue weighted by Gasteiger charge is 2.36. The van der Waals surface area contributed by atoms with Crippen molar-refractivity contribution in [2.75, 3.05) is 13.1 Å². The third-order valence-electron chi connectivity index (χ3n) is 3.64. The number of carboxylic acid groups (broad SMARTS) is 1. The van der Waals surface area contributed by atoms with E-state index in [-0.39, 0.29) is 9.09 Å². The van der Waals surface area contributed by atoms with Crippen molar-refractivity contribution in [2.45, 2.75) is 25.0 Å². The Morgan fingerprint density at radius 1 is 1.37 bits per heavy atom. The fourth-order valence-corrected chi connectivity index (χ4v) is 5.37. The van der Waals surface area contributed by atoms with E-state index in [4.69, 9.17) is 5.11 Å². The first-order chi connectivity index (χ1) is 8.73. The lowest BCUT2D eigenvalue weighted by molar-refractivity contribution is 0.0701. The largest absolute Gasteiger partial charge is 0.477 e. The molecule has 2 heterocycles. The molecule has 2 rings (SSSR count). The number of nitrogens with zero attached hydrogens (tertiary/aromatic N) is 1. The molecular weight excluding hydrogens is 286 g/mol. The van der Waals surface area contributed by atoms with Gasteiger partial charge in [0.1, 0.15) is 9.09 Å². The molecule has 1 aliphatic heterocycles. The van der Waals surface area contributed by atoms with Crippen LogP contribution in [0.3, 0.4) is 0 Å². The molecule has 1 fully saturated rings. The number of aromatic carboxylic acids is 1. The lowest BCUT2D eigenvalue weighted by Gasteiger charge is -2.14. The van der Waals surface area contributed by atoms with Gasteiger partial charge in [-0.3, -0.25) is 0 Å². The normalized spacial score (nSPS) is 24.8. The predicted molar refractivity (Wildman–Crippen MR) is 73.1 cm³/mol. The van der Waals surface area contributed by atoms with Crippen LogP contribution >= 0.6 is 11.3 Å². The second kappa shape index (κ2) is 4.88. The van der Waals surface area contributed by atoms with Crippen LogP contribution in [0.2, 0.25) is 0 Å². The lowest BCUT2D eigenvalue weighted by atomic mass is 10.0. The lowest BCUT2D eigenvalue weighted by Crippen LogP contribution is -2.28. The summed E-state index contributed by atoms with van der Waals surface area (Å²) in [5.41, 5.74) is 0.497. The summed E-state index contributed by atoms with van der Waals surface area (Å²) in [4.78, 5) is 11.1. The van der Waals surface area contributed by atoms with Gasteiger partial charge in [0.05, 0.1) is 0 Å². The highest BCUT2D eigenvalue weighted by atomic mass is 32.2. The van der Waals surface area contributed by atoms with Crippen molar-refractivity contribution in [3.63, 3.8) is 0 Å². The maximum Gasteiger partial charge on any atom is 0.346 e. The summed E-state index contributed by atoms with van der Waals surface area (Å²) in [5, 5.41) is 9.00. The van der Waals surface area contributed by atoms with E-state index in [2.05, 4.69) is 0 Å². The van der Waals surface area contributed by atoms with Gasteiger partial charge in [0.25, 0.3) is 10.0 Å². The molecule has 0 radical (unpaired) electrons. The van der Waals surface area contributed by atoms with Gasteiger partial charge in [-0.2, -0.15) is 4.31 Å². The first kappa shape index (κ1) is 14.5. The number of carboxylic acids is 1. The molecule has 1 N–H and O–H groups in total. The molecule has 5 nitrogen and oxygen atoms in total. The molecule has 19 heavy (non-hydrogen) atoms. The van der Waals surface area contributed by atoms with Crippen LogP contribution in [0.15, 0.2) is 10.3 Å². The molecule has 0 bridgehead atoms. The van der Waals surface area contributed by atoms with Crippen molar-refractivity contribution in [2.24, 2.45) is 11.8 Å². The summed E-state index contributed by atoms with van der Waals surface area (Å²) in [7, 11) is -3.55. The molecule has 0 aromatic carbocycles. The van der Waals surface area contributed by atoms with Crippen LogP contribution in [0.4, 0.5) is 0 Å². The monoisotopic (exact) mass is 303 g/mol. The number of rotatable bonds is 3. The zero-order valence-corrected chi connectivity index (χ0v) is 12.7. The quantitative estimate of drug-likeness (QED) is 0.927. The molecule has 0 aliphatic carbocycles. The maximum atomic E-state index is 12.5. The smallest absolute Gasteiger partial charge is 0.346 e. The Labute approximate surface area is 116 Å². The van der Waals surface area contributed by atoms with Gasteiger partial charge in [0.2, 0.25) is 0 Å². The standard InChI is InChI=1S/C12H17NO4S2/c1-7-4-10(18-11(7)12(14)15)19(16,17)13-5-8(2)9(3)6-13/h4,8-9H,5-6H2,1-3H3,(H,14,15). The van der Waals surface area contributed by atoms with Crippen LogP contribution < -0.4 is 0 Å². The van der Waals surface area contributed by atoms with Crippen molar-refractivity contribution in [1.29, 1.82) is 0 Å². The van der Waals surface area contributed by atoms with E-state index in [0.717, 1.165) is 11.3 Å². The fraction of sp³-hybridized carbons (Fsp3) is 0.583. The summed E-state index contributed by atoms with van der Waals surface area (Å²) >= 11 is 0.835. The molecule has 7 heteroatoms. The molecule has 1 aliphatic rings. The molecule has 2 unspecified atom stereocenters. The minimum Gasteiger partial charge on any atom is -0.477 e. The highest BCUT2D eigenvalue weighted by Crippen LogP contribution is 2.32. The number of sulfonamides is 1. The van der Waals surface area contributed by atoms with Gasteiger partial charge in [0.15, 0.2) is 0 Å². The third-order valence-corrected chi connectivity index (χ3v) is 7.14. The molecule has 0 spiro atoms. The van der Waals surface area contributed by atoms with Crippen molar-refractivity contribution in [3.05, 3.63) is 16.5 Å². The Morgan fingerprint density at radius 3 is 2.32 bits per heavy atom. The van der Waals surface area contributed by atoms with Crippen molar-refractivity contribution < 1.29 is 18.3 Å². The van der Waals surface area contributed by atoms with Crippen LogP contribution in [-0.4, -0.2) is 36.9 Å². The molecule has 1 saturated heterocycles. The number of hydrogen-bond acceptors (Lipinski definition) is 4. The fourth-order valence-electron chi connectivity index (χ4n) is 2.19. The predicted octanol–water partition coefficient (Wildman–Crippen LogP) is 2.03. The van der Waals surface area contributed by atoms with Crippen LogP contribution in [0.1, 0.15) is 29.1 Å². The van der Waals surface area contributed by atoms with Crippen molar-refractivity contribution >= 4 is 27.3 Å². The average Bonchev–Trinajstić information content (AvgIpc) is 2.84. The summed E-state index contributed by atoms with van der Waals surface area (Å²) in [6.45, 7) is 6.69. The second-order valence-corrected chi connectivity index (χ2v) is 8.38. The second-order valence-electron chi connectivity index (χ2n) is 5.16. The molecule has 0 saturated carbocycles. The minimum atomic E-state index is -3.55. The Balaban J connectivity index is 2.35. The first-order valence-corrected chi connectivity index (χ1v) is 8.33. The molecular formula is C12H17NO4S2. The van der Waals surface area contributed by atoms with Gasteiger partial charge in [-0.1, -0.05) is 13.8 Å². The first-order valence-electron chi connectivity index (χ1n) is 6.07. The van der Waals surface area contributed by atoms with Gasteiger partial charge < -0.3 is 5.11 Å². The number of aryl methyl sites for hydroxylation is 1. The van der Waals surface area contributed by atoms with Gasteiger partial charge in [-0.25, -0.2) is 13.2 Å². The Hall–Kier alpha value is -0.920. The van der Waals surface area contributed by atoms with Crippen LogP contribution in [0, 0.1) is 18.8 Å². The Bertz CT molecular complexity index is 595. The van der Waals surface area contributed by atoms with Crippen molar-refractivity contribution in [3.8, 4) is 0 Å². The van der Waals surface area contributed by atoms with Gasteiger partial charge in [0, 0.05) is 13.1 Å². The summed E-state index contributed by atoms with van der Waals surface area (Å²) < 4.78 is 26.5. The number of hydrogen-bond donors (Lipinski definition) is 1. The van der Waals surface area contributed by atoms with Crippen molar-refractivity contribution in [1.82, 2.24) is 4.31 Å². The Kier molecular flexibility index (Phi) is 3.72. The van der Waals surface area contributed by atoms with E-state index in [1.165, 1.54) is 10.4 Å². The average molecular weight is 303 g/mol. The van der Waals surface area contributed by atoms with E-state index >= 15 is 0 Å². The molecule has 1 aromatic heterocycles. The molecule has 0 amide bonds.